The van der Waals surface area contributed by atoms with Crippen LogP contribution in [0.25, 0.3) is 22.3 Å². The number of nitrogens with two attached hydrogens (primary N) is 1. The van der Waals surface area contributed by atoms with Gasteiger partial charge in [0.1, 0.15) is 22.9 Å². The molecule has 9 heteroatoms. The van der Waals surface area contributed by atoms with E-state index in [1.165, 1.54) is 25.4 Å². The predicted octanol–water partition coefficient (Wildman–Crippen LogP) is 5.29. The second kappa shape index (κ2) is 11.7. The molecule has 1 aliphatic rings. The van der Waals surface area contributed by atoms with E-state index in [2.05, 4.69) is 10.3 Å². The molecule has 1 amide bonds. The van der Waals surface area contributed by atoms with Crippen LogP contribution >= 0.6 is 0 Å². The van der Waals surface area contributed by atoms with Crippen LogP contribution in [0.5, 0.6) is 5.75 Å². The molecule has 0 radical (unpaired) electrons. The lowest BCUT2D eigenvalue weighted by molar-refractivity contribution is 0.0612. The number of nitrogens with zero attached hydrogens (tertiary/aromatic N) is 2. The zero-order valence-electron chi connectivity index (χ0n) is 22.4. The molecule has 3 heterocycles. The van der Waals surface area contributed by atoms with Crippen molar-refractivity contribution in [3.63, 3.8) is 0 Å². The first kappa shape index (κ1) is 27.1. The number of aryl methyl sites for hydroxylation is 1. The number of methoxy groups -OCH3 is 1. The summed E-state index contributed by atoms with van der Waals surface area (Å²) in [6.45, 7) is 3.99. The van der Waals surface area contributed by atoms with E-state index in [0.717, 1.165) is 18.4 Å². The number of ether oxygens (including phenoxy) is 2. The quantitative estimate of drug-likeness (QED) is 0.328. The zero-order valence-corrected chi connectivity index (χ0v) is 22.4. The maximum Gasteiger partial charge on any atom is 0.261 e. The highest BCUT2D eigenvalue weighted by Crippen LogP contribution is 2.35. The molecule has 2 aromatic heterocycles. The lowest BCUT2D eigenvalue weighted by atomic mass is 9.99. The van der Waals surface area contributed by atoms with Crippen LogP contribution < -0.4 is 21.2 Å². The lowest BCUT2D eigenvalue weighted by Gasteiger charge is -2.23. The van der Waals surface area contributed by atoms with Crippen molar-refractivity contribution < 1.29 is 18.7 Å². The molecule has 0 aliphatic carbocycles. The summed E-state index contributed by atoms with van der Waals surface area (Å²) in [5.74, 6) is -0.381. The Balaban J connectivity index is 1.48. The first-order valence-electron chi connectivity index (χ1n) is 13.1. The second-order valence-electron chi connectivity index (χ2n) is 9.96. The number of carbonyl (C=O) groups is 1. The van der Waals surface area contributed by atoms with Crippen molar-refractivity contribution in [2.24, 2.45) is 5.92 Å². The van der Waals surface area contributed by atoms with E-state index < -0.39 is 17.2 Å². The second-order valence-corrected chi connectivity index (χ2v) is 9.96. The highest BCUT2D eigenvalue weighted by Gasteiger charge is 2.21. The standard InChI is InChI=1S/C31H31FN4O4/c1-19-3-5-21(6-4-19)23-17-36(16-20-10-13-40-14-11-20)18-24(29(23)37)31(38)35-26-8-7-22(15-25(26)32)28-27(39-2)9-12-34-30(28)33/h3-9,12,15,17-18,20H,10-11,13-14,16H2,1-2H3,(H2,33,34)(H,35,38). The summed E-state index contributed by atoms with van der Waals surface area (Å²) in [4.78, 5) is 31.0. The van der Waals surface area contributed by atoms with Crippen molar-refractivity contribution in [3.05, 3.63) is 94.3 Å². The number of halogens is 1. The van der Waals surface area contributed by atoms with Gasteiger partial charge in [-0.25, -0.2) is 9.37 Å². The zero-order chi connectivity index (χ0) is 28.2. The van der Waals surface area contributed by atoms with Gasteiger partial charge in [-0.3, -0.25) is 9.59 Å². The molecular weight excluding hydrogens is 511 g/mol. The van der Waals surface area contributed by atoms with Gasteiger partial charge in [0.15, 0.2) is 0 Å². The maximum atomic E-state index is 15.2. The van der Waals surface area contributed by atoms with Crippen LogP contribution in [0.2, 0.25) is 0 Å². The van der Waals surface area contributed by atoms with Crippen molar-refractivity contribution in [2.45, 2.75) is 26.3 Å². The SMILES string of the molecule is COc1ccnc(N)c1-c1ccc(NC(=O)c2cn(CC3CCOCC3)cc(-c3ccc(C)cc3)c2=O)c(F)c1. The fourth-order valence-electron chi connectivity index (χ4n) is 4.95. The van der Waals surface area contributed by atoms with Crippen LogP contribution in [-0.4, -0.2) is 35.8 Å². The number of benzene rings is 2. The van der Waals surface area contributed by atoms with E-state index >= 15 is 4.39 Å². The number of pyridine rings is 2. The van der Waals surface area contributed by atoms with Gasteiger partial charge in [-0.15, -0.1) is 0 Å². The van der Waals surface area contributed by atoms with Crippen LogP contribution in [0.4, 0.5) is 15.9 Å². The van der Waals surface area contributed by atoms with Crippen LogP contribution in [0.3, 0.4) is 0 Å². The number of hydrogen-bond donors (Lipinski definition) is 2. The molecule has 4 aromatic rings. The van der Waals surface area contributed by atoms with Gasteiger partial charge in [-0.2, -0.15) is 0 Å². The van der Waals surface area contributed by atoms with Crippen LogP contribution in [0.1, 0.15) is 28.8 Å². The topological polar surface area (TPSA) is 108 Å². The normalized spacial score (nSPS) is 13.7. The maximum absolute atomic E-state index is 15.2. The third-order valence-electron chi connectivity index (χ3n) is 7.16. The highest BCUT2D eigenvalue weighted by molar-refractivity contribution is 6.05. The van der Waals surface area contributed by atoms with E-state index in [9.17, 15) is 9.59 Å². The Bertz CT molecular complexity index is 1590. The Morgan fingerprint density at radius 2 is 1.85 bits per heavy atom. The fraction of sp³-hybridized carbons (Fsp3) is 0.258. The molecule has 0 unspecified atom stereocenters. The highest BCUT2D eigenvalue weighted by atomic mass is 19.1. The van der Waals surface area contributed by atoms with Crippen LogP contribution in [-0.2, 0) is 11.3 Å². The minimum Gasteiger partial charge on any atom is -0.496 e. The van der Waals surface area contributed by atoms with Gasteiger partial charge in [-0.05, 0) is 55.0 Å². The molecule has 1 saturated heterocycles. The van der Waals surface area contributed by atoms with Crippen LogP contribution in [0, 0.1) is 18.7 Å². The molecule has 1 fully saturated rings. The summed E-state index contributed by atoms with van der Waals surface area (Å²) >= 11 is 0. The molecule has 206 valence electrons. The average molecular weight is 543 g/mol. The number of nitrogens with one attached hydrogen (secondary N) is 1. The van der Waals surface area contributed by atoms with Gasteiger partial charge >= 0.3 is 0 Å². The largest absolute Gasteiger partial charge is 0.496 e. The Kier molecular flexibility index (Phi) is 7.93. The lowest BCUT2D eigenvalue weighted by Crippen LogP contribution is -2.27. The Morgan fingerprint density at radius 3 is 2.55 bits per heavy atom. The van der Waals surface area contributed by atoms with Gasteiger partial charge in [0.2, 0.25) is 5.43 Å². The number of aromatic nitrogens is 2. The first-order chi connectivity index (χ1) is 19.3. The van der Waals surface area contributed by atoms with E-state index in [0.29, 0.717) is 53.7 Å². The van der Waals surface area contributed by atoms with Crippen molar-refractivity contribution in [3.8, 4) is 28.0 Å². The number of amides is 1. The Labute approximate surface area is 231 Å². The third-order valence-corrected chi connectivity index (χ3v) is 7.16. The Hall–Kier alpha value is -4.50. The van der Waals surface area contributed by atoms with Crippen molar-refractivity contribution in [1.29, 1.82) is 0 Å². The van der Waals surface area contributed by atoms with Gasteiger partial charge in [0, 0.05) is 43.9 Å². The summed E-state index contributed by atoms with van der Waals surface area (Å²) in [5.41, 5.74) is 8.54. The molecule has 3 N–H and O–H groups in total. The third kappa shape index (κ3) is 5.74. The van der Waals surface area contributed by atoms with Gasteiger partial charge in [-0.1, -0.05) is 35.9 Å². The van der Waals surface area contributed by atoms with Gasteiger partial charge < -0.3 is 25.1 Å². The molecule has 0 spiro atoms. The number of nitrogen functional groups attached to an aromatic ring is 1. The molecule has 0 atom stereocenters. The van der Waals surface area contributed by atoms with Gasteiger partial charge in [0.25, 0.3) is 5.91 Å². The molecule has 40 heavy (non-hydrogen) atoms. The number of hydrogen-bond acceptors (Lipinski definition) is 6. The van der Waals surface area contributed by atoms with Crippen molar-refractivity contribution in [2.75, 3.05) is 31.4 Å². The van der Waals surface area contributed by atoms with Crippen LogP contribution in [0.15, 0.2) is 71.9 Å². The minimum absolute atomic E-state index is 0.0632. The molecular formula is C31H31FN4O4. The molecule has 8 nitrogen and oxygen atoms in total. The molecule has 1 aliphatic heterocycles. The average Bonchev–Trinajstić information content (AvgIpc) is 2.96. The summed E-state index contributed by atoms with van der Waals surface area (Å²) < 4.78 is 28.0. The molecule has 0 saturated carbocycles. The monoisotopic (exact) mass is 542 g/mol. The van der Waals surface area contributed by atoms with E-state index in [-0.39, 0.29) is 17.1 Å². The summed E-state index contributed by atoms with van der Waals surface area (Å²) in [5, 5.41) is 2.58. The Morgan fingerprint density at radius 1 is 1.12 bits per heavy atom. The number of rotatable bonds is 7. The minimum atomic E-state index is -0.690. The predicted molar refractivity (Wildman–Crippen MR) is 153 cm³/mol. The smallest absolute Gasteiger partial charge is 0.261 e. The van der Waals surface area contributed by atoms with E-state index in [4.69, 9.17) is 15.2 Å². The van der Waals surface area contributed by atoms with Crippen molar-refractivity contribution >= 4 is 17.4 Å². The molecule has 2 aromatic carbocycles. The number of anilines is 2. The summed E-state index contributed by atoms with van der Waals surface area (Å²) in [6.07, 6.45) is 6.65. The summed E-state index contributed by atoms with van der Waals surface area (Å²) in [7, 11) is 1.49. The fourth-order valence-corrected chi connectivity index (χ4v) is 4.95. The van der Waals surface area contributed by atoms with Gasteiger partial charge in [0.05, 0.1) is 18.4 Å². The summed E-state index contributed by atoms with van der Waals surface area (Å²) in [6, 6.07) is 13.5. The van der Waals surface area contributed by atoms with Crippen molar-refractivity contribution in [1.82, 2.24) is 9.55 Å². The molecule has 0 bridgehead atoms. The van der Waals surface area contributed by atoms with E-state index in [1.54, 1.807) is 24.5 Å². The molecule has 5 rings (SSSR count). The van der Waals surface area contributed by atoms with E-state index in [1.807, 2.05) is 35.8 Å². The number of carbonyl (C=O) groups excluding carboxylic acids is 1. The first-order valence-corrected chi connectivity index (χ1v) is 13.1.